The van der Waals surface area contributed by atoms with E-state index in [1.165, 1.54) is 62.5 Å². The highest BCUT2D eigenvalue weighted by molar-refractivity contribution is 5.59. The normalized spacial score (nSPS) is 19.5. The van der Waals surface area contributed by atoms with E-state index >= 15 is 0 Å². The molecule has 1 heterocycles. The second-order valence-corrected chi connectivity index (χ2v) is 8.49. The van der Waals surface area contributed by atoms with Crippen LogP contribution in [0.2, 0.25) is 0 Å². The van der Waals surface area contributed by atoms with Crippen molar-refractivity contribution >= 4 is 0 Å². The lowest BCUT2D eigenvalue weighted by atomic mass is 9.78. The lowest BCUT2D eigenvalue weighted by Gasteiger charge is -2.28. The van der Waals surface area contributed by atoms with E-state index in [2.05, 4.69) is 49.2 Å². The number of unbranched alkanes of at least 4 members (excludes halogenated alkanes) is 1. The Hall–Kier alpha value is -1.83. The van der Waals surface area contributed by atoms with Crippen LogP contribution >= 0.6 is 0 Å². The van der Waals surface area contributed by atoms with E-state index in [4.69, 9.17) is 4.74 Å². The molecule has 1 aromatic heterocycles. The van der Waals surface area contributed by atoms with Crippen LogP contribution in [0, 0.1) is 11.8 Å². The van der Waals surface area contributed by atoms with E-state index in [9.17, 15) is 0 Å². The summed E-state index contributed by atoms with van der Waals surface area (Å²) in [5, 5.41) is 0. The molecular weight excluding hydrogens is 342 g/mol. The smallest absolute Gasteiger partial charge is 0.137 e. The molecule has 0 amide bonds. The number of aromatic nitrogens is 1. The molecule has 0 unspecified atom stereocenters. The standard InChI is InChI=1S/C26H37NO/c1-3-5-19-28-25-17-18-26(27-20-25)24-15-13-23(14-16-24)12-11-22-9-7-21(6-4-2)8-10-22/h13-18,20-22H,3-12,19H2,1-2H3. The van der Waals surface area contributed by atoms with E-state index < -0.39 is 0 Å². The summed E-state index contributed by atoms with van der Waals surface area (Å²) in [7, 11) is 0. The molecule has 0 radical (unpaired) electrons. The maximum Gasteiger partial charge on any atom is 0.137 e. The number of nitrogens with zero attached hydrogens (tertiary/aromatic N) is 1. The van der Waals surface area contributed by atoms with Crippen LogP contribution in [0.15, 0.2) is 42.6 Å². The highest BCUT2D eigenvalue weighted by Crippen LogP contribution is 2.34. The number of benzene rings is 1. The number of rotatable bonds is 10. The summed E-state index contributed by atoms with van der Waals surface area (Å²) in [5.41, 5.74) is 3.66. The molecule has 2 heteroatoms. The molecule has 2 aromatic rings. The Bertz CT molecular complexity index is 669. The molecule has 0 saturated heterocycles. The molecule has 2 nitrogen and oxygen atoms in total. The second kappa shape index (κ2) is 11.2. The fourth-order valence-corrected chi connectivity index (χ4v) is 4.40. The Morgan fingerprint density at radius 2 is 1.57 bits per heavy atom. The fraction of sp³-hybridized carbons (Fsp3) is 0.577. The van der Waals surface area contributed by atoms with Crippen LogP contribution in [0.1, 0.15) is 77.2 Å². The second-order valence-electron chi connectivity index (χ2n) is 8.49. The predicted molar refractivity (Wildman–Crippen MR) is 119 cm³/mol. The summed E-state index contributed by atoms with van der Waals surface area (Å²) >= 11 is 0. The molecule has 0 spiro atoms. The Morgan fingerprint density at radius 1 is 0.857 bits per heavy atom. The van der Waals surface area contributed by atoms with Gasteiger partial charge in [0.15, 0.2) is 0 Å². The molecule has 0 aliphatic heterocycles. The van der Waals surface area contributed by atoms with Gasteiger partial charge < -0.3 is 4.74 Å². The van der Waals surface area contributed by atoms with Crippen molar-refractivity contribution in [2.24, 2.45) is 11.8 Å². The van der Waals surface area contributed by atoms with Crippen molar-refractivity contribution < 1.29 is 4.74 Å². The largest absolute Gasteiger partial charge is 0.492 e. The average molecular weight is 380 g/mol. The van der Waals surface area contributed by atoms with E-state index in [1.54, 1.807) is 0 Å². The molecule has 1 aliphatic rings. The first-order valence-electron chi connectivity index (χ1n) is 11.5. The minimum Gasteiger partial charge on any atom is -0.492 e. The van der Waals surface area contributed by atoms with Gasteiger partial charge in [0.2, 0.25) is 0 Å². The first-order valence-corrected chi connectivity index (χ1v) is 11.5. The van der Waals surface area contributed by atoms with Crippen molar-refractivity contribution in [1.82, 2.24) is 4.98 Å². The van der Waals surface area contributed by atoms with Gasteiger partial charge in [-0.3, -0.25) is 4.98 Å². The van der Waals surface area contributed by atoms with Crippen molar-refractivity contribution in [2.45, 2.75) is 78.1 Å². The third-order valence-corrected chi connectivity index (χ3v) is 6.26. The quantitative estimate of drug-likeness (QED) is 0.399. The minimum atomic E-state index is 0.770. The van der Waals surface area contributed by atoms with Crippen LogP contribution in [0.25, 0.3) is 11.3 Å². The molecule has 28 heavy (non-hydrogen) atoms. The van der Waals surface area contributed by atoms with Gasteiger partial charge in [-0.15, -0.1) is 0 Å². The van der Waals surface area contributed by atoms with E-state index in [0.29, 0.717) is 0 Å². The Balaban J connectivity index is 1.46. The number of ether oxygens (including phenoxy) is 1. The van der Waals surface area contributed by atoms with Gasteiger partial charge in [-0.05, 0) is 48.8 Å². The summed E-state index contributed by atoms with van der Waals surface area (Å²) in [6.45, 7) is 5.26. The maximum absolute atomic E-state index is 5.70. The predicted octanol–water partition coefficient (Wildman–Crippen LogP) is 7.47. The molecule has 0 bridgehead atoms. The molecule has 3 rings (SSSR count). The monoisotopic (exact) mass is 379 g/mol. The lowest BCUT2D eigenvalue weighted by Crippen LogP contribution is -2.15. The van der Waals surface area contributed by atoms with Crippen LogP contribution in [0.3, 0.4) is 0 Å². The SMILES string of the molecule is CCCCOc1ccc(-c2ccc(CCC3CCC(CCC)CC3)cc2)nc1. The molecule has 1 saturated carbocycles. The van der Waals surface area contributed by atoms with Crippen molar-refractivity contribution in [3.63, 3.8) is 0 Å². The summed E-state index contributed by atoms with van der Waals surface area (Å²) in [6, 6.07) is 13.1. The van der Waals surface area contributed by atoms with E-state index in [-0.39, 0.29) is 0 Å². The summed E-state index contributed by atoms with van der Waals surface area (Å²) < 4.78 is 5.70. The zero-order chi connectivity index (χ0) is 19.6. The number of hydrogen-bond acceptors (Lipinski definition) is 2. The van der Waals surface area contributed by atoms with Crippen LogP contribution in [-0.2, 0) is 6.42 Å². The molecule has 152 valence electrons. The number of aryl methyl sites for hydroxylation is 1. The molecule has 1 aromatic carbocycles. The van der Waals surface area contributed by atoms with Gasteiger partial charge >= 0.3 is 0 Å². The van der Waals surface area contributed by atoms with Gasteiger partial charge in [0, 0.05) is 5.56 Å². The van der Waals surface area contributed by atoms with Crippen molar-refractivity contribution in [1.29, 1.82) is 0 Å². The molecule has 0 atom stereocenters. The molecule has 1 aliphatic carbocycles. The highest BCUT2D eigenvalue weighted by Gasteiger charge is 2.20. The number of hydrogen-bond donors (Lipinski definition) is 0. The van der Waals surface area contributed by atoms with Gasteiger partial charge in [0.05, 0.1) is 18.5 Å². The van der Waals surface area contributed by atoms with Crippen LogP contribution in [0.4, 0.5) is 0 Å². The van der Waals surface area contributed by atoms with Crippen LogP contribution in [0.5, 0.6) is 5.75 Å². The van der Waals surface area contributed by atoms with Gasteiger partial charge in [0.25, 0.3) is 0 Å². The number of pyridine rings is 1. The van der Waals surface area contributed by atoms with Crippen LogP contribution < -0.4 is 4.74 Å². The Kier molecular flexibility index (Phi) is 8.39. The third-order valence-electron chi connectivity index (χ3n) is 6.26. The van der Waals surface area contributed by atoms with Crippen molar-refractivity contribution in [2.75, 3.05) is 6.61 Å². The van der Waals surface area contributed by atoms with Gasteiger partial charge in [0.1, 0.15) is 5.75 Å². The Morgan fingerprint density at radius 3 is 2.18 bits per heavy atom. The molecule has 1 fully saturated rings. The van der Waals surface area contributed by atoms with Gasteiger partial charge in [-0.2, -0.15) is 0 Å². The summed E-state index contributed by atoms with van der Waals surface area (Å²) in [4.78, 5) is 4.57. The third kappa shape index (κ3) is 6.36. The first-order chi connectivity index (χ1) is 13.8. The fourth-order valence-electron chi connectivity index (χ4n) is 4.40. The minimum absolute atomic E-state index is 0.770. The summed E-state index contributed by atoms with van der Waals surface area (Å²) in [6.07, 6.45) is 15.2. The van der Waals surface area contributed by atoms with Gasteiger partial charge in [-0.25, -0.2) is 0 Å². The van der Waals surface area contributed by atoms with Crippen LogP contribution in [-0.4, -0.2) is 11.6 Å². The molecule has 0 N–H and O–H groups in total. The average Bonchev–Trinajstić information content (AvgIpc) is 2.75. The van der Waals surface area contributed by atoms with E-state index in [1.807, 2.05) is 12.3 Å². The molecular formula is C26H37NO. The topological polar surface area (TPSA) is 22.1 Å². The van der Waals surface area contributed by atoms with Gasteiger partial charge in [-0.1, -0.05) is 83.1 Å². The van der Waals surface area contributed by atoms with E-state index in [0.717, 1.165) is 42.7 Å². The zero-order valence-electron chi connectivity index (χ0n) is 17.8. The zero-order valence-corrected chi connectivity index (χ0v) is 17.8. The lowest BCUT2D eigenvalue weighted by molar-refractivity contribution is 0.252. The maximum atomic E-state index is 5.70. The van der Waals surface area contributed by atoms with Crippen molar-refractivity contribution in [3.8, 4) is 17.0 Å². The highest BCUT2D eigenvalue weighted by atomic mass is 16.5. The summed E-state index contributed by atoms with van der Waals surface area (Å²) in [5.74, 6) is 2.81. The Labute approximate surface area is 171 Å². The first kappa shape index (κ1) is 20.9. The van der Waals surface area contributed by atoms with Crippen molar-refractivity contribution in [3.05, 3.63) is 48.2 Å².